The van der Waals surface area contributed by atoms with Gasteiger partial charge in [0.05, 0.1) is 25.9 Å². The summed E-state index contributed by atoms with van der Waals surface area (Å²) in [4.78, 5) is 2.49. The third-order valence-corrected chi connectivity index (χ3v) is 4.87. The summed E-state index contributed by atoms with van der Waals surface area (Å²) in [6, 6.07) is 4.12. The van der Waals surface area contributed by atoms with Gasteiger partial charge in [0.25, 0.3) is 0 Å². The molecular formula is C18H27NO3. The average molecular weight is 305 g/mol. The predicted octanol–water partition coefficient (Wildman–Crippen LogP) is 3.16. The second kappa shape index (κ2) is 6.99. The van der Waals surface area contributed by atoms with Crippen LogP contribution >= 0.6 is 0 Å². The lowest BCUT2D eigenvalue weighted by molar-refractivity contribution is -0.152. The van der Waals surface area contributed by atoms with Gasteiger partial charge in [0.1, 0.15) is 11.5 Å². The van der Waals surface area contributed by atoms with E-state index in [9.17, 15) is 0 Å². The molecule has 0 bridgehead atoms. The van der Waals surface area contributed by atoms with Gasteiger partial charge in [-0.2, -0.15) is 0 Å². The first kappa shape index (κ1) is 15.8. The van der Waals surface area contributed by atoms with Crippen molar-refractivity contribution >= 4 is 0 Å². The molecule has 4 heteroatoms. The molecule has 2 fully saturated rings. The van der Waals surface area contributed by atoms with Gasteiger partial charge >= 0.3 is 0 Å². The molecule has 0 unspecified atom stereocenters. The van der Waals surface area contributed by atoms with Gasteiger partial charge in [-0.3, -0.25) is 4.90 Å². The van der Waals surface area contributed by atoms with Crippen LogP contribution in [0, 0.1) is 12.3 Å². The molecule has 0 saturated carbocycles. The van der Waals surface area contributed by atoms with Gasteiger partial charge in [0.15, 0.2) is 0 Å². The molecule has 0 amide bonds. The van der Waals surface area contributed by atoms with Crippen LogP contribution in [0.25, 0.3) is 0 Å². The van der Waals surface area contributed by atoms with Crippen LogP contribution < -0.4 is 0 Å². The fourth-order valence-corrected chi connectivity index (χ4v) is 3.86. The van der Waals surface area contributed by atoms with E-state index in [1.165, 1.54) is 6.42 Å². The van der Waals surface area contributed by atoms with E-state index in [2.05, 4.69) is 17.5 Å². The van der Waals surface area contributed by atoms with Crippen LogP contribution in [0.15, 0.2) is 29.2 Å². The lowest BCUT2D eigenvalue weighted by Gasteiger charge is -2.50. The van der Waals surface area contributed by atoms with Gasteiger partial charge in [-0.05, 0) is 38.3 Å². The first-order valence-corrected chi connectivity index (χ1v) is 8.30. The molecule has 3 rings (SSSR count). The maximum absolute atomic E-state index is 6.06. The normalized spacial score (nSPS) is 29.2. The Labute approximate surface area is 133 Å². The Morgan fingerprint density at radius 2 is 2.41 bits per heavy atom. The van der Waals surface area contributed by atoms with Crippen molar-refractivity contribution in [2.75, 3.05) is 32.9 Å². The maximum atomic E-state index is 6.06. The molecule has 2 aliphatic heterocycles. The zero-order valence-electron chi connectivity index (χ0n) is 13.6. The minimum Gasteiger partial charge on any atom is -0.465 e. The Bertz CT molecular complexity index is 498. The van der Waals surface area contributed by atoms with E-state index in [4.69, 9.17) is 13.9 Å². The van der Waals surface area contributed by atoms with Gasteiger partial charge in [-0.15, -0.1) is 6.58 Å². The van der Waals surface area contributed by atoms with Crippen LogP contribution in [-0.2, 0) is 16.0 Å². The SMILES string of the molecule is C=CCOC[C@@]12CCCO[C@H]1CCN(Cc1ccc(C)o1)C2. The van der Waals surface area contributed by atoms with Crippen molar-refractivity contribution in [2.24, 2.45) is 5.41 Å². The summed E-state index contributed by atoms with van der Waals surface area (Å²) >= 11 is 0. The third kappa shape index (κ3) is 3.45. The van der Waals surface area contributed by atoms with E-state index >= 15 is 0 Å². The minimum atomic E-state index is 0.126. The van der Waals surface area contributed by atoms with Gasteiger partial charge < -0.3 is 13.9 Å². The molecule has 122 valence electrons. The molecule has 0 radical (unpaired) electrons. The van der Waals surface area contributed by atoms with Crippen molar-refractivity contribution in [1.29, 1.82) is 0 Å². The van der Waals surface area contributed by atoms with Crippen molar-refractivity contribution in [2.45, 2.75) is 38.8 Å². The monoisotopic (exact) mass is 305 g/mol. The number of aryl methyl sites for hydroxylation is 1. The van der Waals surface area contributed by atoms with Gasteiger partial charge in [-0.1, -0.05) is 6.08 Å². The fourth-order valence-electron chi connectivity index (χ4n) is 3.86. The lowest BCUT2D eigenvalue weighted by Crippen LogP contribution is -2.56. The van der Waals surface area contributed by atoms with Gasteiger partial charge in [0.2, 0.25) is 0 Å². The number of hydrogen-bond acceptors (Lipinski definition) is 4. The first-order valence-electron chi connectivity index (χ1n) is 8.30. The largest absolute Gasteiger partial charge is 0.465 e. The molecule has 4 nitrogen and oxygen atoms in total. The quantitative estimate of drug-likeness (QED) is 0.597. The number of likely N-dealkylation sites (tertiary alicyclic amines) is 1. The summed E-state index contributed by atoms with van der Waals surface area (Å²) in [7, 11) is 0. The van der Waals surface area contributed by atoms with Crippen LogP contribution in [0.5, 0.6) is 0 Å². The minimum absolute atomic E-state index is 0.126. The van der Waals surface area contributed by atoms with E-state index in [0.29, 0.717) is 12.7 Å². The average Bonchev–Trinajstić information content (AvgIpc) is 2.92. The van der Waals surface area contributed by atoms with E-state index in [1.54, 1.807) is 0 Å². The van der Waals surface area contributed by atoms with Crippen molar-refractivity contribution in [3.8, 4) is 0 Å². The van der Waals surface area contributed by atoms with Crippen LogP contribution in [0.4, 0.5) is 0 Å². The molecule has 22 heavy (non-hydrogen) atoms. The second-order valence-electron chi connectivity index (χ2n) is 6.64. The van der Waals surface area contributed by atoms with E-state index in [1.807, 2.05) is 19.1 Å². The Hall–Kier alpha value is -1.10. The van der Waals surface area contributed by atoms with Crippen LogP contribution in [0.2, 0.25) is 0 Å². The Kier molecular flexibility index (Phi) is 5.01. The highest BCUT2D eigenvalue weighted by Gasteiger charge is 2.46. The molecule has 2 atom stereocenters. The van der Waals surface area contributed by atoms with Gasteiger partial charge in [-0.25, -0.2) is 0 Å². The number of hydrogen-bond donors (Lipinski definition) is 0. The van der Waals surface area contributed by atoms with E-state index in [-0.39, 0.29) is 5.41 Å². The molecular weight excluding hydrogens is 278 g/mol. The van der Waals surface area contributed by atoms with Crippen molar-refractivity contribution in [1.82, 2.24) is 4.90 Å². The topological polar surface area (TPSA) is 34.8 Å². The van der Waals surface area contributed by atoms with Crippen LogP contribution in [0.1, 0.15) is 30.8 Å². The Morgan fingerprint density at radius 3 is 3.18 bits per heavy atom. The lowest BCUT2D eigenvalue weighted by atomic mass is 9.73. The number of rotatable bonds is 6. The number of fused-ring (bicyclic) bond motifs is 1. The smallest absolute Gasteiger partial charge is 0.118 e. The highest BCUT2D eigenvalue weighted by Crippen LogP contribution is 2.40. The van der Waals surface area contributed by atoms with Crippen molar-refractivity contribution < 1.29 is 13.9 Å². The van der Waals surface area contributed by atoms with Crippen molar-refractivity contribution in [3.63, 3.8) is 0 Å². The van der Waals surface area contributed by atoms with E-state index < -0.39 is 0 Å². The standard InChI is InChI=1S/C18H27NO3/c1-3-10-20-14-18-8-4-11-21-17(18)7-9-19(13-18)12-16-6-5-15(2)22-16/h3,5-6,17H,1,4,7-14H2,2H3/t17-,18-/m0/s1. The Balaban J connectivity index is 1.66. The zero-order chi connectivity index (χ0) is 15.4. The molecule has 0 aliphatic carbocycles. The number of furan rings is 1. The summed E-state index contributed by atoms with van der Waals surface area (Å²) in [5.74, 6) is 2.03. The molecule has 1 aromatic heterocycles. The zero-order valence-corrected chi connectivity index (χ0v) is 13.6. The second-order valence-corrected chi connectivity index (χ2v) is 6.64. The van der Waals surface area contributed by atoms with Gasteiger partial charge in [0, 0.05) is 25.1 Å². The highest BCUT2D eigenvalue weighted by atomic mass is 16.5. The van der Waals surface area contributed by atoms with Crippen molar-refractivity contribution in [3.05, 3.63) is 36.3 Å². The number of nitrogens with zero attached hydrogens (tertiary/aromatic N) is 1. The molecule has 2 saturated heterocycles. The summed E-state index contributed by atoms with van der Waals surface area (Å²) in [5.41, 5.74) is 0.126. The molecule has 2 aliphatic rings. The predicted molar refractivity (Wildman–Crippen MR) is 85.8 cm³/mol. The van der Waals surface area contributed by atoms with Crippen LogP contribution in [0.3, 0.4) is 0 Å². The number of ether oxygens (including phenoxy) is 2. The number of piperidine rings is 1. The van der Waals surface area contributed by atoms with Crippen LogP contribution in [-0.4, -0.2) is 43.9 Å². The summed E-state index contributed by atoms with van der Waals surface area (Å²) in [6.45, 7) is 11.0. The molecule has 1 aromatic rings. The molecule has 0 N–H and O–H groups in total. The Morgan fingerprint density at radius 1 is 1.50 bits per heavy atom. The maximum Gasteiger partial charge on any atom is 0.118 e. The molecule has 0 aromatic carbocycles. The summed E-state index contributed by atoms with van der Waals surface area (Å²) in [6.07, 6.45) is 5.55. The summed E-state index contributed by atoms with van der Waals surface area (Å²) in [5, 5.41) is 0. The first-order chi connectivity index (χ1) is 10.7. The third-order valence-electron chi connectivity index (χ3n) is 4.87. The molecule has 0 spiro atoms. The highest BCUT2D eigenvalue weighted by molar-refractivity contribution is 5.06. The van der Waals surface area contributed by atoms with E-state index in [0.717, 1.165) is 57.2 Å². The molecule has 3 heterocycles. The fraction of sp³-hybridized carbons (Fsp3) is 0.667. The summed E-state index contributed by atoms with van der Waals surface area (Å²) < 4.78 is 17.6.